The lowest BCUT2D eigenvalue weighted by molar-refractivity contribution is 0.0512. The lowest BCUT2D eigenvalue weighted by Gasteiger charge is -2.24. The molecule has 2 rings (SSSR count). The van der Waals surface area contributed by atoms with Crippen LogP contribution >= 0.6 is 0 Å². The molecule has 0 heterocycles. The summed E-state index contributed by atoms with van der Waals surface area (Å²) in [5, 5.41) is 2.94. The van der Waals surface area contributed by atoms with Crippen LogP contribution in [0.5, 0.6) is 5.75 Å². The van der Waals surface area contributed by atoms with Crippen molar-refractivity contribution in [2.24, 2.45) is 0 Å². The Morgan fingerprint density at radius 3 is 2.04 bits per heavy atom. The lowest BCUT2D eigenvalue weighted by atomic mass is 9.99. The molecule has 122 valence electrons. The molecule has 1 N–H and O–H groups in total. The summed E-state index contributed by atoms with van der Waals surface area (Å²) in [6.45, 7) is 5.53. The van der Waals surface area contributed by atoms with Crippen LogP contribution in [0.25, 0.3) is 0 Å². The van der Waals surface area contributed by atoms with Gasteiger partial charge in [-0.15, -0.1) is 0 Å². The van der Waals surface area contributed by atoms with Gasteiger partial charge >= 0.3 is 6.09 Å². The molecule has 4 nitrogen and oxygen atoms in total. The van der Waals surface area contributed by atoms with Crippen molar-refractivity contribution in [2.75, 3.05) is 7.11 Å². The van der Waals surface area contributed by atoms with Crippen molar-refractivity contribution < 1.29 is 14.3 Å². The number of rotatable bonds is 4. The van der Waals surface area contributed by atoms with Gasteiger partial charge in [-0.05, 0) is 44.0 Å². The van der Waals surface area contributed by atoms with Gasteiger partial charge in [0.1, 0.15) is 11.4 Å². The molecule has 2 aromatic rings. The summed E-state index contributed by atoms with van der Waals surface area (Å²) in [6, 6.07) is 17.1. The van der Waals surface area contributed by atoms with E-state index in [0.29, 0.717) is 0 Å². The summed E-state index contributed by atoms with van der Waals surface area (Å²) in [7, 11) is 1.63. The van der Waals surface area contributed by atoms with Crippen LogP contribution in [0.1, 0.15) is 37.9 Å². The molecule has 0 radical (unpaired) electrons. The number of carbonyl (C=O) groups excluding carboxylic acids is 1. The molecule has 0 bridgehead atoms. The van der Waals surface area contributed by atoms with E-state index in [1.54, 1.807) is 7.11 Å². The predicted octanol–water partition coefficient (Wildman–Crippen LogP) is 4.31. The summed E-state index contributed by atoms with van der Waals surface area (Å²) in [5.74, 6) is 0.776. The maximum absolute atomic E-state index is 12.2. The van der Waals surface area contributed by atoms with Crippen molar-refractivity contribution in [3.8, 4) is 5.75 Å². The molecular weight excluding hydrogens is 290 g/mol. The Morgan fingerprint density at radius 1 is 0.957 bits per heavy atom. The second-order valence-corrected chi connectivity index (χ2v) is 6.26. The summed E-state index contributed by atoms with van der Waals surface area (Å²) in [5.41, 5.74) is 1.41. The number of hydrogen-bond donors (Lipinski definition) is 1. The monoisotopic (exact) mass is 313 g/mol. The summed E-state index contributed by atoms with van der Waals surface area (Å²) in [4.78, 5) is 12.2. The Morgan fingerprint density at radius 2 is 1.52 bits per heavy atom. The van der Waals surface area contributed by atoms with E-state index in [2.05, 4.69) is 5.32 Å². The van der Waals surface area contributed by atoms with Crippen LogP contribution in [-0.2, 0) is 4.74 Å². The van der Waals surface area contributed by atoms with Gasteiger partial charge in [-0.3, -0.25) is 0 Å². The Hall–Kier alpha value is -2.49. The first kappa shape index (κ1) is 16.9. The highest BCUT2D eigenvalue weighted by Gasteiger charge is 2.21. The number of benzene rings is 2. The lowest BCUT2D eigenvalue weighted by Crippen LogP contribution is -2.35. The Bertz CT molecular complexity index is 630. The van der Waals surface area contributed by atoms with Gasteiger partial charge in [0.2, 0.25) is 0 Å². The zero-order chi connectivity index (χ0) is 16.9. The molecule has 23 heavy (non-hydrogen) atoms. The van der Waals surface area contributed by atoms with E-state index in [1.165, 1.54) is 0 Å². The minimum atomic E-state index is -0.536. The van der Waals surface area contributed by atoms with Gasteiger partial charge in [0.25, 0.3) is 0 Å². The van der Waals surface area contributed by atoms with E-state index in [9.17, 15) is 4.79 Å². The molecular formula is C19H23NO3. The average Bonchev–Trinajstić information content (AvgIpc) is 2.52. The van der Waals surface area contributed by atoms with E-state index in [1.807, 2.05) is 75.4 Å². The molecule has 0 aliphatic heterocycles. The third-order valence-corrected chi connectivity index (χ3v) is 3.24. The van der Waals surface area contributed by atoms with Crippen molar-refractivity contribution in [2.45, 2.75) is 32.4 Å². The van der Waals surface area contributed by atoms with E-state index >= 15 is 0 Å². The van der Waals surface area contributed by atoms with E-state index < -0.39 is 11.7 Å². The second-order valence-electron chi connectivity index (χ2n) is 6.26. The van der Waals surface area contributed by atoms with Crippen LogP contribution in [0.4, 0.5) is 4.79 Å². The van der Waals surface area contributed by atoms with Crippen molar-refractivity contribution in [1.29, 1.82) is 0 Å². The maximum Gasteiger partial charge on any atom is 0.408 e. The first-order valence-electron chi connectivity index (χ1n) is 7.57. The third kappa shape index (κ3) is 5.02. The van der Waals surface area contributed by atoms with Crippen LogP contribution in [-0.4, -0.2) is 18.8 Å². The number of methoxy groups -OCH3 is 1. The fraction of sp³-hybridized carbons (Fsp3) is 0.316. The molecule has 1 unspecified atom stereocenters. The normalized spacial score (nSPS) is 12.3. The van der Waals surface area contributed by atoms with Crippen LogP contribution < -0.4 is 10.1 Å². The zero-order valence-corrected chi connectivity index (χ0v) is 14.0. The maximum atomic E-state index is 12.2. The Kier molecular flexibility index (Phi) is 5.27. The van der Waals surface area contributed by atoms with Gasteiger partial charge in [-0.2, -0.15) is 0 Å². The molecule has 4 heteroatoms. The van der Waals surface area contributed by atoms with Crippen LogP contribution in [0.3, 0.4) is 0 Å². The second kappa shape index (κ2) is 7.18. The Labute approximate surface area is 137 Å². The molecule has 1 amide bonds. The number of alkyl carbamates (subject to hydrolysis) is 1. The van der Waals surface area contributed by atoms with Gasteiger partial charge < -0.3 is 14.8 Å². The molecule has 2 aromatic carbocycles. The largest absolute Gasteiger partial charge is 0.497 e. The number of nitrogens with one attached hydrogen (secondary N) is 1. The highest BCUT2D eigenvalue weighted by Crippen LogP contribution is 2.24. The van der Waals surface area contributed by atoms with E-state index in [0.717, 1.165) is 16.9 Å². The number of ether oxygens (including phenoxy) is 2. The third-order valence-electron chi connectivity index (χ3n) is 3.24. The van der Waals surface area contributed by atoms with Gasteiger partial charge in [-0.1, -0.05) is 42.5 Å². The fourth-order valence-electron chi connectivity index (χ4n) is 2.23. The van der Waals surface area contributed by atoms with Crippen molar-refractivity contribution >= 4 is 6.09 Å². The van der Waals surface area contributed by atoms with Gasteiger partial charge in [0.05, 0.1) is 13.2 Å². The predicted molar refractivity (Wildman–Crippen MR) is 90.6 cm³/mol. The summed E-state index contributed by atoms with van der Waals surface area (Å²) in [6.07, 6.45) is -0.442. The minimum Gasteiger partial charge on any atom is -0.497 e. The number of carbonyl (C=O) groups is 1. The van der Waals surface area contributed by atoms with Gasteiger partial charge in [0.15, 0.2) is 0 Å². The minimum absolute atomic E-state index is 0.281. The highest BCUT2D eigenvalue weighted by molar-refractivity contribution is 5.69. The SMILES string of the molecule is COc1ccc(C(NC(=O)OC(C)(C)C)c2ccccc2)cc1. The molecule has 0 aromatic heterocycles. The topological polar surface area (TPSA) is 47.6 Å². The molecule has 0 saturated heterocycles. The average molecular weight is 313 g/mol. The Balaban J connectivity index is 2.27. The van der Waals surface area contributed by atoms with Crippen LogP contribution in [0.15, 0.2) is 54.6 Å². The van der Waals surface area contributed by atoms with Crippen LogP contribution in [0, 0.1) is 0 Å². The standard InChI is InChI=1S/C19H23NO3/c1-19(2,3)23-18(21)20-17(14-8-6-5-7-9-14)15-10-12-16(22-4)13-11-15/h5-13,17H,1-4H3,(H,20,21). The van der Waals surface area contributed by atoms with Crippen LogP contribution in [0.2, 0.25) is 0 Å². The molecule has 0 saturated carbocycles. The molecule has 0 spiro atoms. The first-order chi connectivity index (χ1) is 10.9. The smallest absolute Gasteiger partial charge is 0.408 e. The van der Waals surface area contributed by atoms with E-state index in [-0.39, 0.29) is 6.04 Å². The first-order valence-corrected chi connectivity index (χ1v) is 7.57. The van der Waals surface area contributed by atoms with Crippen molar-refractivity contribution in [3.63, 3.8) is 0 Å². The summed E-state index contributed by atoms with van der Waals surface area (Å²) >= 11 is 0. The number of hydrogen-bond acceptors (Lipinski definition) is 3. The van der Waals surface area contributed by atoms with Gasteiger partial charge in [0, 0.05) is 0 Å². The summed E-state index contributed by atoms with van der Waals surface area (Å²) < 4.78 is 10.6. The molecule has 0 aliphatic carbocycles. The molecule has 0 fully saturated rings. The highest BCUT2D eigenvalue weighted by atomic mass is 16.6. The van der Waals surface area contributed by atoms with Crippen molar-refractivity contribution in [3.05, 3.63) is 65.7 Å². The van der Waals surface area contributed by atoms with Gasteiger partial charge in [-0.25, -0.2) is 4.79 Å². The quantitative estimate of drug-likeness (QED) is 0.915. The zero-order valence-electron chi connectivity index (χ0n) is 14.0. The van der Waals surface area contributed by atoms with Crippen molar-refractivity contribution in [1.82, 2.24) is 5.32 Å². The number of amides is 1. The van der Waals surface area contributed by atoms with E-state index in [4.69, 9.17) is 9.47 Å². The molecule has 1 atom stereocenters. The fourth-order valence-corrected chi connectivity index (χ4v) is 2.23. The molecule has 0 aliphatic rings.